The minimum absolute atomic E-state index is 0.207. The first-order chi connectivity index (χ1) is 11.7. The second kappa shape index (κ2) is 6.20. The van der Waals surface area contributed by atoms with Crippen LogP contribution >= 0.6 is 0 Å². The van der Waals surface area contributed by atoms with Crippen LogP contribution in [0.1, 0.15) is 0 Å². The van der Waals surface area contributed by atoms with Crippen LogP contribution in [0.4, 0.5) is 18.9 Å². The summed E-state index contributed by atoms with van der Waals surface area (Å²) in [5.41, 5.74) is 1.35. The van der Waals surface area contributed by atoms with Gasteiger partial charge in [0.2, 0.25) is 0 Å². The number of halogens is 3. The van der Waals surface area contributed by atoms with E-state index < -0.39 is 22.1 Å². The van der Waals surface area contributed by atoms with E-state index in [4.69, 9.17) is 0 Å². The molecule has 6 nitrogen and oxygen atoms in total. The predicted octanol–water partition coefficient (Wildman–Crippen LogP) is 3.33. The first-order valence-corrected chi connectivity index (χ1v) is 8.31. The Kier molecular flexibility index (Phi) is 4.21. The number of hydrogen-bond acceptors (Lipinski definition) is 5. The van der Waals surface area contributed by atoms with Gasteiger partial charge < -0.3 is 4.74 Å². The fourth-order valence-corrected chi connectivity index (χ4v) is 3.11. The molecular weight excluding hydrogens is 359 g/mol. The van der Waals surface area contributed by atoms with Crippen molar-refractivity contribution in [1.82, 2.24) is 9.97 Å². The van der Waals surface area contributed by atoms with Gasteiger partial charge in [-0.1, -0.05) is 0 Å². The van der Waals surface area contributed by atoms with Gasteiger partial charge in [-0.2, -0.15) is 0 Å². The zero-order chi connectivity index (χ0) is 18.1. The number of sulfonamides is 1. The van der Waals surface area contributed by atoms with E-state index in [2.05, 4.69) is 19.4 Å². The van der Waals surface area contributed by atoms with Crippen LogP contribution in [0, 0.1) is 0 Å². The van der Waals surface area contributed by atoms with E-state index in [1.807, 2.05) is 0 Å². The van der Waals surface area contributed by atoms with Crippen molar-refractivity contribution in [3.05, 3.63) is 54.9 Å². The molecule has 0 bridgehead atoms. The van der Waals surface area contributed by atoms with Gasteiger partial charge in [-0.25, -0.2) is 8.42 Å². The van der Waals surface area contributed by atoms with Crippen LogP contribution in [0.5, 0.6) is 5.75 Å². The summed E-state index contributed by atoms with van der Waals surface area (Å²) in [6.45, 7) is 0. The Morgan fingerprint density at radius 1 is 0.920 bits per heavy atom. The third kappa shape index (κ3) is 4.15. The van der Waals surface area contributed by atoms with Crippen LogP contribution in [-0.4, -0.2) is 24.7 Å². The highest BCUT2D eigenvalue weighted by Crippen LogP contribution is 2.25. The summed E-state index contributed by atoms with van der Waals surface area (Å²) in [6.07, 6.45) is -1.86. The Labute approximate surface area is 140 Å². The van der Waals surface area contributed by atoms with Crippen molar-refractivity contribution >= 4 is 26.7 Å². The average Bonchev–Trinajstić information content (AvgIpc) is 2.53. The fraction of sp³-hybridized carbons (Fsp3) is 0.0667. The number of anilines is 1. The van der Waals surface area contributed by atoms with Gasteiger partial charge in [0.1, 0.15) is 5.75 Å². The number of benzene rings is 2. The summed E-state index contributed by atoms with van der Waals surface area (Å²) in [7, 11) is -3.98. The quantitative estimate of drug-likeness (QED) is 0.763. The molecule has 0 amide bonds. The third-order valence-electron chi connectivity index (χ3n) is 3.09. The lowest BCUT2D eigenvalue weighted by molar-refractivity contribution is -0.274. The molecule has 2 aromatic carbocycles. The highest BCUT2D eigenvalue weighted by molar-refractivity contribution is 7.92. The summed E-state index contributed by atoms with van der Waals surface area (Å²) in [6, 6.07) is 8.49. The second-order valence-electron chi connectivity index (χ2n) is 4.88. The number of aromatic nitrogens is 2. The number of ether oxygens (including phenoxy) is 1. The maximum absolute atomic E-state index is 12.3. The lowest BCUT2D eigenvalue weighted by atomic mass is 10.3. The van der Waals surface area contributed by atoms with Crippen LogP contribution in [0.3, 0.4) is 0 Å². The van der Waals surface area contributed by atoms with E-state index in [0.29, 0.717) is 11.0 Å². The predicted molar refractivity (Wildman–Crippen MR) is 83.5 cm³/mol. The van der Waals surface area contributed by atoms with E-state index in [9.17, 15) is 21.6 Å². The SMILES string of the molecule is O=S(=O)(Nc1ccc2nccnc2c1)c1ccc(OC(F)(F)F)cc1. The Morgan fingerprint density at radius 3 is 2.20 bits per heavy atom. The molecule has 3 aromatic rings. The van der Waals surface area contributed by atoms with Crippen LogP contribution in [-0.2, 0) is 10.0 Å². The normalized spacial score (nSPS) is 12.1. The van der Waals surface area contributed by atoms with Crippen molar-refractivity contribution in [1.29, 1.82) is 0 Å². The molecule has 130 valence electrons. The van der Waals surface area contributed by atoms with E-state index in [-0.39, 0.29) is 10.6 Å². The van der Waals surface area contributed by atoms with Gasteiger partial charge >= 0.3 is 6.36 Å². The lowest BCUT2D eigenvalue weighted by Crippen LogP contribution is -2.17. The van der Waals surface area contributed by atoms with Gasteiger partial charge in [-0.3, -0.25) is 14.7 Å². The highest BCUT2D eigenvalue weighted by atomic mass is 32.2. The molecule has 3 rings (SSSR count). The van der Waals surface area contributed by atoms with Crippen molar-refractivity contribution in [3.8, 4) is 5.75 Å². The van der Waals surface area contributed by atoms with Gasteiger partial charge in [0.25, 0.3) is 10.0 Å². The van der Waals surface area contributed by atoms with Gasteiger partial charge in [-0.15, -0.1) is 13.2 Å². The summed E-state index contributed by atoms with van der Waals surface area (Å²) in [5, 5.41) is 0. The van der Waals surface area contributed by atoms with E-state index in [1.165, 1.54) is 24.5 Å². The largest absolute Gasteiger partial charge is 0.573 e. The second-order valence-corrected chi connectivity index (χ2v) is 6.57. The molecule has 1 aromatic heterocycles. The number of rotatable bonds is 4. The molecule has 0 unspecified atom stereocenters. The first-order valence-electron chi connectivity index (χ1n) is 6.82. The van der Waals surface area contributed by atoms with Gasteiger partial charge in [0.05, 0.1) is 21.6 Å². The Bertz CT molecular complexity index is 1010. The molecule has 0 radical (unpaired) electrons. The summed E-state index contributed by atoms with van der Waals surface area (Å²) < 4.78 is 67.1. The number of fused-ring (bicyclic) bond motifs is 1. The monoisotopic (exact) mass is 369 g/mol. The summed E-state index contributed by atoms with van der Waals surface area (Å²) >= 11 is 0. The molecule has 0 fully saturated rings. The van der Waals surface area contributed by atoms with Crippen LogP contribution in [0.25, 0.3) is 11.0 Å². The molecule has 0 aliphatic rings. The van der Waals surface area contributed by atoms with Crippen LogP contribution in [0.2, 0.25) is 0 Å². The topological polar surface area (TPSA) is 81.2 Å². The van der Waals surface area contributed by atoms with Crippen molar-refractivity contribution < 1.29 is 26.3 Å². The molecule has 0 spiro atoms. The Hall–Kier alpha value is -2.88. The van der Waals surface area contributed by atoms with Crippen molar-refractivity contribution in [2.75, 3.05) is 4.72 Å². The number of nitrogens with one attached hydrogen (secondary N) is 1. The number of alkyl halides is 3. The van der Waals surface area contributed by atoms with E-state index in [0.717, 1.165) is 24.3 Å². The lowest BCUT2D eigenvalue weighted by Gasteiger charge is -2.11. The summed E-state index contributed by atoms with van der Waals surface area (Å²) in [5.74, 6) is -0.507. The molecule has 0 aliphatic heterocycles. The van der Waals surface area contributed by atoms with Crippen molar-refractivity contribution in [2.24, 2.45) is 0 Å². The molecule has 0 saturated carbocycles. The molecule has 25 heavy (non-hydrogen) atoms. The number of hydrogen-bond donors (Lipinski definition) is 1. The third-order valence-corrected chi connectivity index (χ3v) is 4.49. The van der Waals surface area contributed by atoms with Gasteiger partial charge in [-0.05, 0) is 42.5 Å². The minimum atomic E-state index is -4.84. The molecular formula is C15H10F3N3O3S. The molecule has 0 atom stereocenters. The average molecular weight is 369 g/mol. The Balaban J connectivity index is 1.83. The molecule has 1 N–H and O–H groups in total. The smallest absolute Gasteiger partial charge is 0.406 e. The van der Waals surface area contributed by atoms with E-state index in [1.54, 1.807) is 6.07 Å². The van der Waals surface area contributed by atoms with Crippen molar-refractivity contribution in [3.63, 3.8) is 0 Å². The van der Waals surface area contributed by atoms with Crippen LogP contribution in [0.15, 0.2) is 59.8 Å². The molecule has 1 heterocycles. The fourth-order valence-electron chi connectivity index (χ4n) is 2.06. The standard InChI is InChI=1S/C15H10F3N3O3S/c16-15(17,18)24-11-2-4-12(5-3-11)25(22,23)21-10-1-6-13-14(9-10)20-8-7-19-13/h1-9,21H. The highest BCUT2D eigenvalue weighted by Gasteiger charge is 2.31. The maximum Gasteiger partial charge on any atom is 0.573 e. The van der Waals surface area contributed by atoms with Crippen LogP contribution < -0.4 is 9.46 Å². The number of nitrogens with zero attached hydrogens (tertiary/aromatic N) is 2. The van der Waals surface area contributed by atoms with E-state index >= 15 is 0 Å². The zero-order valence-electron chi connectivity index (χ0n) is 12.4. The van der Waals surface area contributed by atoms with Crippen molar-refractivity contribution in [2.45, 2.75) is 11.3 Å². The first kappa shape index (κ1) is 17.0. The van der Waals surface area contributed by atoms with Gasteiger partial charge in [0.15, 0.2) is 0 Å². The summed E-state index contributed by atoms with van der Waals surface area (Å²) in [4.78, 5) is 7.93. The van der Waals surface area contributed by atoms with Gasteiger partial charge in [0, 0.05) is 12.4 Å². The Morgan fingerprint density at radius 2 is 1.56 bits per heavy atom. The maximum atomic E-state index is 12.3. The molecule has 0 saturated heterocycles. The molecule has 10 heteroatoms. The zero-order valence-corrected chi connectivity index (χ0v) is 13.2. The minimum Gasteiger partial charge on any atom is -0.406 e. The molecule has 0 aliphatic carbocycles.